The number of ether oxygens (including phenoxy) is 2. The maximum Gasteiger partial charge on any atom is 0.309 e. The number of carbonyl (C=O) groups is 1. The molecule has 0 fully saturated rings. The molecule has 1 aromatic carbocycles. The fourth-order valence-electron chi connectivity index (χ4n) is 2.12. The van der Waals surface area contributed by atoms with E-state index in [-0.39, 0.29) is 5.88 Å². The highest BCUT2D eigenvalue weighted by Gasteiger charge is 2.18. The van der Waals surface area contributed by atoms with Crippen LogP contribution < -0.4 is 9.47 Å². The summed E-state index contributed by atoms with van der Waals surface area (Å²) in [6.45, 7) is 1.64. The van der Waals surface area contributed by atoms with Gasteiger partial charge in [-0.3, -0.25) is 9.78 Å². The lowest BCUT2D eigenvalue weighted by molar-refractivity contribution is -0.132. The van der Waals surface area contributed by atoms with Crippen molar-refractivity contribution in [2.75, 3.05) is 0 Å². The van der Waals surface area contributed by atoms with E-state index in [9.17, 15) is 4.79 Å². The van der Waals surface area contributed by atoms with Crippen LogP contribution in [0.2, 0.25) is 0 Å². The van der Waals surface area contributed by atoms with Crippen molar-refractivity contribution >= 4 is 32.8 Å². The first-order valence-electron chi connectivity index (χ1n) is 6.94. The van der Waals surface area contributed by atoms with Crippen molar-refractivity contribution in [1.29, 1.82) is 0 Å². The molecule has 23 heavy (non-hydrogen) atoms. The molecule has 0 radical (unpaired) electrons. The number of pyridine rings is 2. The SMILES string of the molecule is CC(=O)Oc1nc(Br)c2cccnc2c1OCc1ccccc1. The molecule has 2 heterocycles. The summed E-state index contributed by atoms with van der Waals surface area (Å²) in [5.41, 5.74) is 1.58. The van der Waals surface area contributed by atoms with Gasteiger partial charge < -0.3 is 9.47 Å². The molecule has 5 nitrogen and oxygen atoms in total. The number of halogens is 1. The van der Waals surface area contributed by atoms with Crippen LogP contribution in [0.3, 0.4) is 0 Å². The van der Waals surface area contributed by atoms with Crippen LogP contribution in [0.1, 0.15) is 12.5 Å². The second-order valence-electron chi connectivity index (χ2n) is 4.80. The van der Waals surface area contributed by atoms with E-state index in [2.05, 4.69) is 25.9 Å². The van der Waals surface area contributed by atoms with Crippen molar-refractivity contribution in [3.05, 3.63) is 58.8 Å². The highest BCUT2D eigenvalue weighted by atomic mass is 79.9. The summed E-state index contributed by atoms with van der Waals surface area (Å²) in [5.74, 6) is -0.0152. The Morgan fingerprint density at radius 1 is 1.17 bits per heavy atom. The number of rotatable bonds is 4. The van der Waals surface area contributed by atoms with Crippen LogP contribution in [0, 0.1) is 0 Å². The number of hydrogen-bond acceptors (Lipinski definition) is 5. The van der Waals surface area contributed by atoms with Crippen LogP contribution in [0.4, 0.5) is 0 Å². The molecule has 0 spiro atoms. The quantitative estimate of drug-likeness (QED) is 0.513. The maximum absolute atomic E-state index is 11.3. The molecule has 3 rings (SSSR count). The van der Waals surface area contributed by atoms with Gasteiger partial charge in [0.2, 0.25) is 5.75 Å². The molecule has 0 unspecified atom stereocenters. The molecule has 0 bridgehead atoms. The zero-order chi connectivity index (χ0) is 16.2. The summed E-state index contributed by atoms with van der Waals surface area (Å²) in [4.78, 5) is 19.9. The topological polar surface area (TPSA) is 61.3 Å². The average Bonchev–Trinajstić information content (AvgIpc) is 2.55. The van der Waals surface area contributed by atoms with Crippen molar-refractivity contribution in [3.8, 4) is 11.6 Å². The molecular weight excluding hydrogens is 360 g/mol. The molecule has 0 atom stereocenters. The Hall–Kier alpha value is -2.47. The maximum atomic E-state index is 11.3. The molecule has 3 aromatic rings. The minimum atomic E-state index is -0.468. The monoisotopic (exact) mass is 372 g/mol. The van der Waals surface area contributed by atoms with Crippen molar-refractivity contribution in [2.45, 2.75) is 13.5 Å². The Balaban J connectivity index is 2.04. The largest absolute Gasteiger partial charge is 0.481 e. The molecule has 2 aromatic heterocycles. The molecule has 116 valence electrons. The van der Waals surface area contributed by atoms with E-state index in [0.29, 0.717) is 22.5 Å². The summed E-state index contributed by atoms with van der Waals surface area (Å²) in [7, 11) is 0. The fourth-order valence-corrected chi connectivity index (χ4v) is 2.60. The van der Waals surface area contributed by atoms with Crippen molar-refractivity contribution in [2.24, 2.45) is 0 Å². The summed E-state index contributed by atoms with van der Waals surface area (Å²) >= 11 is 3.37. The smallest absolute Gasteiger partial charge is 0.309 e. The van der Waals surface area contributed by atoms with Crippen molar-refractivity contribution < 1.29 is 14.3 Å². The Labute approximate surface area is 141 Å². The zero-order valence-electron chi connectivity index (χ0n) is 12.3. The first kappa shape index (κ1) is 15.4. The van der Waals surface area contributed by atoms with Gasteiger partial charge >= 0.3 is 5.97 Å². The average molecular weight is 373 g/mol. The fraction of sp³-hybridized carbons (Fsp3) is 0.118. The molecule has 0 aliphatic rings. The van der Waals surface area contributed by atoms with E-state index < -0.39 is 5.97 Å². The minimum absolute atomic E-state index is 0.103. The highest BCUT2D eigenvalue weighted by Crippen LogP contribution is 2.36. The van der Waals surface area contributed by atoms with Crippen molar-refractivity contribution in [1.82, 2.24) is 9.97 Å². The van der Waals surface area contributed by atoms with Crippen LogP contribution >= 0.6 is 15.9 Å². The second-order valence-corrected chi connectivity index (χ2v) is 5.56. The molecule has 0 saturated heterocycles. The molecule has 0 N–H and O–H groups in total. The van der Waals surface area contributed by atoms with Crippen LogP contribution in [0.15, 0.2) is 53.3 Å². The van der Waals surface area contributed by atoms with Gasteiger partial charge in [0.25, 0.3) is 5.88 Å². The van der Waals surface area contributed by atoms with Gasteiger partial charge in [0.15, 0.2) is 0 Å². The second kappa shape index (κ2) is 6.75. The first-order chi connectivity index (χ1) is 11.1. The lowest BCUT2D eigenvalue weighted by Gasteiger charge is -2.13. The van der Waals surface area contributed by atoms with Gasteiger partial charge in [-0.05, 0) is 33.6 Å². The lowest BCUT2D eigenvalue weighted by atomic mass is 10.2. The predicted octanol–water partition coefficient (Wildman–Crippen LogP) is 3.90. The number of carbonyl (C=O) groups excluding carboxylic acids is 1. The van der Waals surface area contributed by atoms with E-state index in [1.165, 1.54) is 6.92 Å². The van der Waals surface area contributed by atoms with E-state index in [4.69, 9.17) is 9.47 Å². The van der Waals surface area contributed by atoms with Gasteiger partial charge in [-0.2, -0.15) is 0 Å². The van der Waals surface area contributed by atoms with Crippen LogP contribution in [0.25, 0.3) is 10.9 Å². The summed E-state index contributed by atoms with van der Waals surface area (Å²) in [6, 6.07) is 13.4. The Kier molecular flexibility index (Phi) is 4.52. The Bertz CT molecular complexity index is 853. The van der Waals surface area contributed by atoms with Gasteiger partial charge in [0, 0.05) is 18.5 Å². The molecule has 0 saturated carbocycles. The van der Waals surface area contributed by atoms with Gasteiger partial charge in [-0.25, -0.2) is 4.98 Å². The molecule has 0 amide bonds. The molecule has 0 aliphatic carbocycles. The number of fused-ring (bicyclic) bond motifs is 1. The Morgan fingerprint density at radius 3 is 2.70 bits per heavy atom. The normalized spacial score (nSPS) is 10.5. The number of hydrogen-bond donors (Lipinski definition) is 0. The standard InChI is InChI=1S/C17H13BrN2O3/c1-11(21)23-17-15(22-10-12-6-3-2-4-7-12)14-13(16(18)20-17)8-5-9-19-14/h2-9H,10H2,1H3. The van der Waals surface area contributed by atoms with Crippen molar-refractivity contribution in [3.63, 3.8) is 0 Å². The van der Waals surface area contributed by atoms with Gasteiger partial charge in [0.1, 0.15) is 16.7 Å². The number of nitrogens with zero attached hydrogens (tertiary/aromatic N) is 2. The number of aromatic nitrogens is 2. The summed E-state index contributed by atoms with van der Waals surface area (Å²) in [5, 5.41) is 0.784. The minimum Gasteiger partial charge on any atom is -0.481 e. The molecule has 6 heteroatoms. The third-order valence-corrected chi connectivity index (χ3v) is 3.71. The Morgan fingerprint density at radius 2 is 1.96 bits per heavy atom. The molecule has 0 aliphatic heterocycles. The van der Waals surface area contributed by atoms with Crippen LogP contribution in [-0.4, -0.2) is 15.9 Å². The number of benzene rings is 1. The van der Waals surface area contributed by atoms with Crippen LogP contribution in [0.5, 0.6) is 11.6 Å². The third kappa shape index (κ3) is 3.48. The zero-order valence-corrected chi connectivity index (χ0v) is 13.9. The third-order valence-electron chi connectivity index (χ3n) is 3.11. The van der Waals surface area contributed by atoms with Gasteiger partial charge in [0.05, 0.1) is 0 Å². The molecular formula is C17H13BrN2O3. The van der Waals surface area contributed by atoms with E-state index >= 15 is 0 Å². The number of esters is 1. The van der Waals surface area contributed by atoms with Gasteiger partial charge in [-0.15, -0.1) is 0 Å². The first-order valence-corrected chi connectivity index (χ1v) is 7.74. The van der Waals surface area contributed by atoms with Gasteiger partial charge in [-0.1, -0.05) is 30.3 Å². The summed E-state index contributed by atoms with van der Waals surface area (Å²) in [6.07, 6.45) is 1.65. The predicted molar refractivity (Wildman–Crippen MR) is 89.3 cm³/mol. The van der Waals surface area contributed by atoms with E-state index in [1.54, 1.807) is 12.3 Å². The summed E-state index contributed by atoms with van der Waals surface area (Å²) < 4.78 is 11.6. The van der Waals surface area contributed by atoms with E-state index in [1.807, 2.05) is 36.4 Å². The van der Waals surface area contributed by atoms with E-state index in [0.717, 1.165) is 10.9 Å². The van der Waals surface area contributed by atoms with Crippen LogP contribution in [-0.2, 0) is 11.4 Å². The lowest BCUT2D eigenvalue weighted by Crippen LogP contribution is -2.07. The highest BCUT2D eigenvalue weighted by molar-refractivity contribution is 9.10.